The van der Waals surface area contributed by atoms with Crippen molar-refractivity contribution in [3.8, 4) is 5.75 Å². The molecule has 5 heteroatoms. The van der Waals surface area contributed by atoms with Crippen molar-refractivity contribution >= 4 is 17.3 Å². The predicted octanol–water partition coefficient (Wildman–Crippen LogP) is 2.73. The molecule has 1 aromatic heterocycles. The van der Waals surface area contributed by atoms with Crippen LogP contribution in [0.5, 0.6) is 5.75 Å². The summed E-state index contributed by atoms with van der Waals surface area (Å²) in [5.74, 6) is -0.250. The van der Waals surface area contributed by atoms with Crippen LogP contribution in [0.3, 0.4) is 0 Å². The lowest BCUT2D eigenvalue weighted by molar-refractivity contribution is 0.0691. The Labute approximate surface area is 103 Å². The Morgan fingerprint density at radius 3 is 3.00 bits per heavy atom. The Bertz CT molecular complexity index is 536. The molecule has 0 unspecified atom stereocenters. The number of aromatic carboxylic acids is 1. The van der Waals surface area contributed by atoms with E-state index in [-0.39, 0.29) is 5.69 Å². The molecule has 17 heavy (non-hydrogen) atoms. The standard InChI is InChI=1S/C12H11NO3S/c1-8-3-2-4-9(5-8)16-6-11-13-10(7-17-11)12(14)15/h2-5,7H,6H2,1H3,(H,14,15). The van der Waals surface area contributed by atoms with E-state index in [9.17, 15) is 4.79 Å². The van der Waals surface area contributed by atoms with E-state index in [1.165, 1.54) is 16.7 Å². The third-order valence-corrected chi connectivity index (χ3v) is 2.95. The lowest BCUT2D eigenvalue weighted by Crippen LogP contribution is -1.99. The summed E-state index contributed by atoms with van der Waals surface area (Å²) in [4.78, 5) is 14.6. The minimum atomic E-state index is -1.01. The quantitative estimate of drug-likeness (QED) is 0.905. The fraction of sp³-hybridized carbons (Fsp3) is 0.167. The fourth-order valence-corrected chi connectivity index (χ4v) is 2.00. The van der Waals surface area contributed by atoms with Crippen LogP contribution in [0.4, 0.5) is 0 Å². The highest BCUT2D eigenvalue weighted by Gasteiger charge is 2.08. The molecule has 0 saturated carbocycles. The summed E-state index contributed by atoms with van der Waals surface area (Å²) in [6.07, 6.45) is 0. The molecule has 0 spiro atoms. The van der Waals surface area contributed by atoms with Gasteiger partial charge in [-0.1, -0.05) is 12.1 Å². The van der Waals surface area contributed by atoms with Gasteiger partial charge in [0.2, 0.25) is 0 Å². The van der Waals surface area contributed by atoms with Crippen LogP contribution in [0.15, 0.2) is 29.6 Å². The number of benzene rings is 1. The zero-order valence-electron chi connectivity index (χ0n) is 9.21. The Morgan fingerprint density at radius 1 is 1.53 bits per heavy atom. The maximum Gasteiger partial charge on any atom is 0.355 e. The van der Waals surface area contributed by atoms with E-state index in [4.69, 9.17) is 9.84 Å². The van der Waals surface area contributed by atoms with Crippen molar-refractivity contribution in [3.05, 3.63) is 45.9 Å². The van der Waals surface area contributed by atoms with E-state index < -0.39 is 5.97 Å². The number of aromatic nitrogens is 1. The lowest BCUT2D eigenvalue weighted by atomic mass is 10.2. The Morgan fingerprint density at radius 2 is 2.35 bits per heavy atom. The first-order valence-corrected chi connectivity index (χ1v) is 5.90. The number of rotatable bonds is 4. The molecule has 88 valence electrons. The van der Waals surface area contributed by atoms with E-state index >= 15 is 0 Å². The molecule has 0 saturated heterocycles. The highest BCUT2D eigenvalue weighted by Crippen LogP contribution is 2.16. The van der Waals surface area contributed by atoms with Gasteiger partial charge in [0.25, 0.3) is 0 Å². The number of aryl methyl sites for hydroxylation is 1. The first kappa shape index (κ1) is 11.6. The topological polar surface area (TPSA) is 59.4 Å². The van der Waals surface area contributed by atoms with E-state index in [2.05, 4.69) is 4.98 Å². The number of carboxylic acid groups (broad SMARTS) is 1. The van der Waals surface area contributed by atoms with Gasteiger partial charge < -0.3 is 9.84 Å². The average Bonchev–Trinajstić information content (AvgIpc) is 2.75. The summed E-state index contributed by atoms with van der Waals surface area (Å²) >= 11 is 1.28. The minimum absolute atomic E-state index is 0.0674. The molecule has 0 aliphatic carbocycles. The van der Waals surface area contributed by atoms with Crippen LogP contribution < -0.4 is 4.74 Å². The summed E-state index contributed by atoms with van der Waals surface area (Å²) in [5, 5.41) is 10.9. The monoisotopic (exact) mass is 249 g/mol. The number of hydrogen-bond acceptors (Lipinski definition) is 4. The van der Waals surface area contributed by atoms with Gasteiger partial charge in [-0.05, 0) is 24.6 Å². The summed E-state index contributed by atoms with van der Waals surface area (Å²) in [7, 11) is 0. The summed E-state index contributed by atoms with van der Waals surface area (Å²) < 4.78 is 5.52. The molecular weight excluding hydrogens is 238 g/mol. The van der Waals surface area contributed by atoms with E-state index in [0.717, 1.165) is 11.3 Å². The SMILES string of the molecule is Cc1cccc(OCc2nc(C(=O)O)cs2)c1. The van der Waals surface area contributed by atoms with Crippen molar-refractivity contribution in [2.24, 2.45) is 0 Å². The third-order valence-electron chi connectivity index (χ3n) is 2.12. The van der Waals surface area contributed by atoms with Crippen molar-refractivity contribution < 1.29 is 14.6 Å². The molecule has 0 amide bonds. The molecule has 0 aliphatic heterocycles. The number of ether oxygens (including phenoxy) is 1. The van der Waals surface area contributed by atoms with Crippen molar-refractivity contribution in [2.75, 3.05) is 0 Å². The number of thiazole rings is 1. The van der Waals surface area contributed by atoms with Crippen molar-refractivity contribution in [1.82, 2.24) is 4.98 Å². The van der Waals surface area contributed by atoms with Gasteiger partial charge in [-0.15, -0.1) is 11.3 Å². The number of carboxylic acids is 1. The van der Waals surface area contributed by atoms with Gasteiger partial charge in [0.1, 0.15) is 17.4 Å². The second-order valence-electron chi connectivity index (χ2n) is 3.54. The smallest absolute Gasteiger partial charge is 0.355 e. The molecule has 2 rings (SSSR count). The number of hydrogen-bond donors (Lipinski definition) is 1. The Kier molecular flexibility index (Phi) is 3.39. The molecule has 1 aromatic carbocycles. The molecular formula is C12H11NO3S. The highest BCUT2D eigenvalue weighted by molar-refractivity contribution is 7.09. The summed E-state index contributed by atoms with van der Waals surface area (Å²) in [5.41, 5.74) is 1.19. The molecule has 4 nitrogen and oxygen atoms in total. The van der Waals surface area contributed by atoms with Crippen LogP contribution in [0.2, 0.25) is 0 Å². The highest BCUT2D eigenvalue weighted by atomic mass is 32.1. The van der Waals surface area contributed by atoms with Gasteiger partial charge in [0.15, 0.2) is 5.69 Å². The molecule has 0 atom stereocenters. The maximum atomic E-state index is 10.6. The van der Waals surface area contributed by atoms with Gasteiger partial charge in [-0.25, -0.2) is 9.78 Å². The zero-order valence-corrected chi connectivity index (χ0v) is 10.0. The van der Waals surface area contributed by atoms with Gasteiger partial charge in [0.05, 0.1) is 0 Å². The molecule has 0 bridgehead atoms. The molecule has 0 fully saturated rings. The maximum absolute atomic E-state index is 10.6. The third kappa shape index (κ3) is 3.04. The second kappa shape index (κ2) is 4.97. The summed E-state index contributed by atoms with van der Waals surface area (Å²) in [6.45, 7) is 2.28. The first-order chi connectivity index (χ1) is 8.15. The zero-order chi connectivity index (χ0) is 12.3. The van der Waals surface area contributed by atoms with Gasteiger partial charge in [-0.2, -0.15) is 0 Å². The van der Waals surface area contributed by atoms with Crippen LogP contribution in [-0.4, -0.2) is 16.1 Å². The molecule has 1 heterocycles. The normalized spacial score (nSPS) is 10.2. The number of carbonyl (C=O) groups is 1. The molecule has 0 aliphatic rings. The second-order valence-corrected chi connectivity index (χ2v) is 4.48. The van der Waals surface area contributed by atoms with Crippen LogP contribution in [0.1, 0.15) is 21.1 Å². The van der Waals surface area contributed by atoms with Gasteiger partial charge >= 0.3 is 5.97 Å². The Hall–Kier alpha value is -1.88. The Balaban J connectivity index is 2.00. The van der Waals surface area contributed by atoms with Crippen LogP contribution in [0.25, 0.3) is 0 Å². The predicted molar refractivity (Wildman–Crippen MR) is 64.6 cm³/mol. The van der Waals surface area contributed by atoms with Crippen molar-refractivity contribution in [1.29, 1.82) is 0 Å². The molecule has 1 N–H and O–H groups in total. The largest absolute Gasteiger partial charge is 0.486 e. The average molecular weight is 249 g/mol. The summed E-state index contributed by atoms with van der Waals surface area (Å²) in [6, 6.07) is 7.68. The van der Waals surface area contributed by atoms with Crippen molar-refractivity contribution in [3.63, 3.8) is 0 Å². The molecule has 0 radical (unpaired) electrons. The van der Waals surface area contributed by atoms with Crippen LogP contribution in [0, 0.1) is 6.92 Å². The fourth-order valence-electron chi connectivity index (χ4n) is 1.33. The first-order valence-electron chi connectivity index (χ1n) is 5.02. The molecule has 2 aromatic rings. The lowest BCUT2D eigenvalue weighted by Gasteiger charge is -2.04. The minimum Gasteiger partial charge on any atom is -0.486 e. The number of nitrogens with zero attached hydrogens (tertiary/aromatic N) is 1. The van der Waals surface area contributed by atoms with E-state index in [1.807, 2.05) is 31.2 Å². The van der Waals surface area contributed by atoms with Gasteiger partial charge in [0, 0.05) is 5.38 Å². The van der Waals surface area contributed by atoms with Gasteiger partial charge in [-0.3, -0.25) is 0 Å². The van der Waals surface area contributed by atoms with Crippen LogP contribution in [-0.2, 0) is 6.61 Å². The van der Waals surface area contributed by atoms with E-state index in [1.54, 1.807) is 0 Å². The van der Waals surface area contributed by atoms with E-state index in [0.29, 0.717) is 11.6 Å². The van der Waals surface area contributed by atoms with Crippen molar-refractivity contribution in [2.45, 2.75) is 13.5 Å². The van der Waals surface area contributed by atoms with Crippen LogP contribution >= 0.6 is 11.3 Å².